The lowest BCUT2D eigenvalue weighted by molar-refractivity contribution is -0.155. The van der Waals surface area contributed by atoms with Gasteiger partial charge in [0.15, 0.2) is 0 Å². The lowest BCUT2D eigenvalue weighted by atomic mass is 9.68. The highest BCUT2D eigenvalue weighted by Gasteiger charge is 2.50. The first kappa shape index (κ1) is 19.6. The molecule has 140 valence electrons. The van der Waals surface area contributed by atoms with Crippen molar-refractivity contribution in [3.8, 4) is 0 Å². The highest BCUT2D eigenvalue weighted by atomic mass is 16.6. The molecular weight excluding hydrogens is 324 g/mol. The van der Waals surface area contributed by atoms with Crippen LogP contribution in [0.3, 0.4) is 0 Å². The van der Waals surface area contributed by atoms with E-state index in [2.05, 4.69) is 0 Å². The van der Waals surface area contributed by atoms with Crippen LogP contribution in [0.5, 0.6) is 0 Å². The summed E-state index contributed by atoms with van der Waals surface area (Å²) in [6.45, 7) is 0. The van der Waals surface area contributed by atoms with Crippen LogP contribution in [-0.4, -0.2) is 23.9 Å². The van der Waals surface area contributed by atoms with E-state index in [1.54, 1.807) is 0 Å². The van der Waals surface area contributed by atoms with Crippen molar-refractivity contribution in [2.75, 3.05) is 0 Å². The zero-order valence-corrected chi connectivity index (χ0v) is 12.9. The molecule has 6 atom stereocenters. The summed E-state index contributed by atoms with van der Waals surface area (Å²) in [5.74, 6) is -1.66. The monoisotopic (exact) mass is 352 g/mol. The van der Waals surface area contributed by atoms with E-state index in [4.69, 9.17) is 9.47 Å². The zero-order chi connectivity index (χ0) is 16.1. The van der Waals surface area contributed by atoms with Gasteiger partial charge in [-0.2, -0.15) is 0 Å². The van der Waals surface area contributed by atoms with Gasteiger partial charge < -0.3 is 9.47 Å². The molecule has 6 heteroatoms. The van der Waals surface area contributed by atoms with Gasteiger partial charge in [-0.15, -0.1) is 0 Å². The Morgan fingerprint density at radius 1 is 0.600 bits per heavy atom. The molecule has 0 aromatic heterocycles. The maximum Gasteiger partial charge on any atom is 0.317 e. The minimum atomic E-state index is -0.363. The van der Waals surface area contributed by atoms with Gasteiger partial charge >= 0.3 is 23.9 Å². The second-order valence-electron chi connectivity index (χ2n) is 7.50. The first-order chi connectivity index (χ1) is 11.0. The average molecular weight is 352 g/mol. The van der Waals surface area contributed by atoms with Gasteiger partial charge in [-0.25, -0.2) is 0 Å². The van der Waals surface area contributed by atoms with Gasteiger partial charge in [-0.1, -0.05) is 14.9 Å². The maximum absolute atomic E-state index is 11.7. The third kappa shape index (κ3) is 3.35. The Hall–Kier alpha value is -1.72. The molecule has 2 saturated carbocycles. The largest absolute Gasteiger partial charge is 0.393 e. The molecule has 0 aromatic carbocycles. The van der Waals surface area contributed by atoms with Crippen LogP contribution in [0, 0.1) is 35.5 Å². The zero-order valence-electron chi connectivity index (χ0n) is 12.9. The Labute approximate surface area is 148 Å². The van der Waals surface area contributed by atoms with Crippen molar-refractivity contribution in [3.05, 3.63) is 0 Å². The number of hydrogen-bond donors (Lipinski definition) is 0. The molecule has 6 unspecified atom stereocenters. The highest BCUT2D eigenvalue weighted by Crippen LogP contribution is 2.46. The summed E-state index contributed by atoms with van der Waals surface area (Å²) in [6, 6.07) is 0. The summed E-state index contributed by atoms with van der Waals surface area (Å²) >= 11 is 0. The van der Waals surface area contributed by atoms with Gasteiger partial charge in [0.05, 0.1) is 23.7 Å². The summed E-state index contributed by atoms with van der Waals surface area (Å²) in [5.41, 5.74) is 0. The second-order valence-corrected chi connectivity index (χ2v) is 7.50. The molecule has 4 rings (SSSR count). The number of carbonyl (C=O) groups is 4. The third-order valence-electron chi connectivity index (χ3n) is 6.20. The Bertz CT molecular complexity index is 532. The molecule has 25 heavy (non-hydrogen) atoms. The molecule has 2 aliphatic carbocycles. The molecule has 0 N–H and O–H groups in total. The standard InChI is InChI=1S/C17H20O6.2CH4/c18-14-10-3-1-8(6-12(10)16(20)22-14)5-9-2-4-11-13(7-9)17(21)23-15(11)19;;/h8-13H,1-7H2;2*1H4. The van der Waals surface area contributed by atoms with Crippen molar-refractivity contribution in [1.29, 1.82) is 0 Å². The minimum absolute atomic E-state index is 0. The maximum atomic E-state index is 11.7. The molecule has 0 bridgehead atoms. The number of rotatable bonds is 2. The van der Waals surface area contributed by atoms with Crippen LogP contribution >= 0.6 is 0 Å². The first-order valence-corrected chi connectivity index (χ1v) is 8.54. The fourth-order valence-electron chi connectivity index (χ4n) is 5.00. The third-order valence-corrected chi connectivity index (χ3v) is 6.20. The summed E-state index contributed by atoms with van der Waals surface area (Å²) < 4.78 is 9.51. The molecule has 2 heterocycles. The molecule has 0 spiro atoms. The lowest BCUT2D eigenvalue weighted by Gasteiger charge is -2.33. The Kier molecular flexibility index (Phi) is 5.69. The van der Waals surface area contributed by atoms with Crippen LogP contribution in [0.25, 0.3) is 0 Å². The van der Waals surface area contributed by atoms with E-state index in [0.717, 1.165) is 32.1 Å². The lowest BCUT2D eigenvalue weighted by Crippen LogP contribution is -2.31. The Balaban J connectivity index is 0.00000113. The molecule has 4 fully saturated rings. The molecule has 0 amide bonds. The fraction of sp³-hybridized carbons (Fsp3) is 0.789. The van der Waals surface area contributed by atoms with Crippen LogP contribution in [0.1, 0.15) is 59.8 Å². The molecule has 0 radical (unpaired) electrons. The van der Waals surface area contributed by atoms with Crippen LogP contribution in [-0.2, 0) is 28.7 Å². The summed E-state index contributed by atoms with van der Waals surface area (Å²) in [5, 5.41) is 0. The molecule has 2 aliphatic heterocycles. The van der Waals surface area contributed by atoms with Crippen LogP contribution in [0.15, 0.2) is 0 Å². The number of esters is 4. The van der Waals surface area contributed by atoms with Crippen molar-refractivity contribution in [2.45, 2.75) is 59.8 Å². The van der Waals surface area contributed by atoms with E-state index < -0.39 is 0 Å². The Morgan fingerprint density at radius 3 is 1.36 bits per heavy atom. The van der Waals surface area contributed by atoms with Crippen LogP contribution in [0.2, 0.25) is 0 Å². The molecule has 4 aliphatic rings. The van der Waals surface area contributed by atoms with E-state index in [0.29, 0.717) is 24.7 Å². The molecule has 0 aromatic rings. The van der Waals surface area contributed by atoms with E-state index in [-0.39, 0.29) is 62.4 Å². The predicted molar refractivity (Wildman–Crippen MR) is 88.9 cm³/mol. The quantitative estimate of drug-likeness (QED) is 0.561. The van der Waals surface area contributed by atoms with Crippen LogP contribution < -0.4 is 0 Å². The molecule has 2 saturated heterocycles. The molecule has 6 nitrogen and oxygen atoms in total. The van der Waals surface area contributed by atoms with E-state index in [1.165, 1.54) is 0 Å². The van der Waals surface area contributed by atoms with Gasteiger partial charge in [0.25, 0.3) is 0 Å². The average Bonchev–Trinajstić information content (AvgIpc) is 2.96. The van der Waals surface area contributed by atoms with E-state index in [9.17, 15) is 19.2 Å². The number of ether oxygens (including phenoxy) is 2. The SMILES string of the molecule is C.C.O=C1OC(=O)C2CC(CC3CCC4C(=O)OC(=O)C4C3)CCC12. The molecular formula is C19H28O6. The van der Waals surface area contributed by atoms with E-state index in [1.807, 2.05) is 0 Å². The van der Waals surface area contributed by atoms with Gasteiger partial charge in [-0.3, -0.25) is 19.2 Å². The Morgan fingerprint density at radius 2 is 0.960 bits per heavy atom. The fourth-order valence-corrected chi connectivity index (χ4v) is 5.00. The summed E-state index contributed by atoms with van der Waals surface area (Å²) in [4.78, 5) is 46.6. The van der Waals surface area contributed by atoms with Crippen LogP contribution in [0.4, 0.5) is 0 Å². The topological polar surface area (TPSA) is 86.7 Å². The van der Waals surface area contributed by atoms with Gasteiger partial charge in [-0.05, 0) is 56.8 Å². The highest BCUT2D eigenvalue weighted by molar-refractivity contribution is 5.97. The van der Waals surface area contributed by atoms with Crippen molar-refractivity contribution >= 4 is 23.9 Å². The minimum Gasteiger partial charge on any atom is -0.393 e. The van der Waals surface area contributed by atoms with Gasteiger partial charge in [0.2, 0.25) is 0 Å². The predicted octanol–water partition coefficient (Wildman–Crippen LogP) is 2.88. The summed E-state index contributed by atoms with van der Waals surface area (Å²) in [7, 11) is 0. The first-order valence-electron chi connectivity index (χ1n) is 8.54. The number of hydrogen-bond acceptors (Lipinski definition) is 6. The summed E-state index contributed by atoms with van der Waals surface area (Å²) in [6.07, 6.45) is 5.68. The number of carbonyl (C=O) groups excluding carboxylic acids is 4. The van der Waals surface area contributed by atoms with Crippen molar-refractivity contribution in [2.24, 2.45) is 35.5 Å². The van der Waals surface area contributed by atoms with Gasteiger partial charge in [0.1, 0.15) is 0 Å². The smallest absolute Gasteiger partial charge is 0.317 e. The van der Waals surface area contributed by atoms with Crippen molar-refractivity contribution < 1.29 is 28.7 Å². The number of fused-ring (bicyclic) bond motifs is 2. The van der Waals surface area contributed by atoms with Gasteiger partial charge in [0, 0.05) is 0 Å². The normalized spacial score (nSPS) is 39.5. The second kappa shape index (κ2) is 7.26. The van der Waals surface area contributed by atoms with Crippen molar-refractivity contribution in [1.82, 2.24) is 0 Å². The number of cyclic esters (lactones) is 4. The van der Waals surface area contributed by atoms with Crippen molar-refractivity contribution in [3.63, 3.8) is 0 Å². The van der Waals surface area contributed by atoms with E-state index >= 15 is 0 Å².